The average molecular weight is 517 g/mol. The lowest BCUT2D eigenvalue weighted by Gasteiger charge is -2.13. The summed E-state index contributed by atoms with van der Waals surface area (Å²) < 4.78 is 24.9. The lowest BCUT2D eigenvalue weighted by atomic mass is 10.0. The van der Waals surface area contributed by atoms with Crippen LogP contribution in [0, 0.1) is 12.7 Å². The molecule has 3 aromatic carbocycles. The monoisotopic (exact) mass is 516 g/mol. The van der Waals surface area contributed by atoms with Gasteiger partial charge in [0.1, 0.15) is 17.3 Å². The van der Waals surface area contributed by atoms with Gasteiger partial charge in [-0.25, -0.2) is 9.37 Å². The first kappa shape index (κ1) is 26.6. The summed E-state index contributed by atoms with van der Waals surface area (Å²) in [5.74, 6) is 0.340. The van der Waals surface area contributed by atoms with Gasteiger partial charge in [0, 0.05) is 24.1 Å². The predicted octanol–water partition coefficient (Wildman–Crippen LogP) is 5.75. The van der Waals surface area contributed by atoms with Crippen molar-refractivity contribution in [3.05, 3.63) is 107 Å². The number of carboxylic acid groups (broad SMARTS) is 1. The molecule has 0 atom stereocenters. The summed E-state index contributed by atoms with van der Waals surface area (Å²) in [5.41, 5.74) is 3.73. The Balaban J connectivity index is 1.36. The molecule has 38 heavy (non-hydrogen) atoms. The smallest absolute Gasteiger partial charge is 0.303 e. The number of ether oxygens (including phenoxy) is 1. The number of oxazole rings is 1. The van der Waals surface area contributed by atoms with Gasteiger partial charge < -0.3 is 19.6 Å². The second-order valence-electron chi connectivity index (χ2n) is 8.85. The summed E-state index contributed by atoms with van der Waals surface area (Å²) >= 11 is 0. The van der Waals surface area contributed by atoms with Crippen LogP contribution in [0.2, 0.25) is 0 Å². The summed E-state index contributed by atoms with van der Waals surface area (Å²) in [6.45, 7) is 2.53. The van der Waals surface area contributed by atoms with Gasteiger partial charge in [-0.3, -0.25) is 9.59 Å². The lowest BCUT2D eigenvalue weighted by molar-refractivity contribution is -0.136. The molecule has 8 heteroatoms. The van der Waals surface area contributed by atoms with Crippen molar-refractivity contribution in [1.29, 1.82) is 0 Å². The fourth-order valence-corrected chi connectivity index (χ4v) is 4.01. The Labute approximate surface area is 220 Å². The van der Waals surface area contributed by atoms with E-state index in [1.165, 1.54) is 24.3 Å². The van der Waals surface area contributed by atoms with Gasteiger partial charge in [-0.2, -0.15) is 0 Å². The van der Waals surface area contributed by atoms with Crippen LogP contribution in [-0.2, 0) is 24.2 Å². The molecule has 7 nitrogen and oxygen atoms in total. The number of carbonyl (C=O) groups excluding carboxylic acids is 1. The van der Waals surface area contributed by atoms with Crippen molar-refractivity contribution in [3.63, 3.8) is 0 Å². The van der Waals surface area contributed by atoms with Crippen LogP contribution < -0.4 is 10.1 Å². The van der Waals surface area contributed by atoms with E-state index in [1.807, 2.05) is 49.4 Å². The molecular formula is C30H29FN2O5. The van der Waals surface area contributed by atoms with E-state index in [4.69, 9.17) is 14.3 Å². The number of nitrogens with one attached hydrogen (secondary N) is 1. The molecule has 4 rings (SSSR count). The van der Waals surface area contributed by atoms with Crippen molar-refractivity contribution in [2.45, 2.75) is 39.2 Å². The molecule has 0 spiro atoms. The van der Waals surface area contributed by atoms with Gasteiger partial charge in [0.2, 0.25) is 5.89 Å². The molecule has 0 aliphatic carbocycles. The highest BCUT2D eigenvalue weighted by Gasteiger charge is 2.13. The summed E-state index contributed by atoms with van der Waals surface area (Å²) in [5, 5.41) is 11.9. The highest BCUT2D eigenvalue weighted by molar-refractivity contribution is 5.94. The highest BCUT2D eigenvalue weighted by atomic mass is 19.1. The largest absolute Gasteiger partial charge is 0.494 e. The number of halogens is 1. The molecule has 1 aromatic heterocycles. The first-order chi connectivity index (χ1) is 18.4. The molecule has 0 fully saturated rings. The standard InChI is InChI=1S/C30H29FN2O5/c1-20-27(33-30(38-20)23-6-3-2-4-7-23)8-5-17-37-26-15-11-21(12-16-28(34)35)24(18-26)19-32-29(36)22-9-13-25(31)14-10-22/h2-4,6-7,9-11,13-15,18H,5,8,12,16-17,19H2,1H3,(H,32,36)(H,34,35). The van der Waals surface area contributed by atoms with Crippen LogP contribution in [0.1, 0.15) is 45.8 Å². The Bertz CT molecular complexity index is 1380. The summed E-state index contributed by atoms with van der Waals surface area (Å²) in [6.07, 6.45) is 1.71. The van der Waals surface area contributed by atoms with Crippen molar-refractivity contribution in [3.8, 4) is 17.2 Å². The van der Waals surface area contributed by atoms with Crippen molar-refractivity contribution >= 4 is 11.9 Å². The van der Waals surface area contributed by atoms with Crippen molar-refractivity contribution in [2.75, 3.05) is 6.61 Å². The third-order valence-electron chi connectivity index (χ3n) is 6.07. The number of amides is 1. The Hall–Kier alpha value is -4.46. The first-order valence-corrected chi connectivity index (χ1v) is 12.4. The SMILES string of the molecule is Cc1oc(-c2ccccc2)nc1CCCOc1ccc(CCC(=O)O)c(CNC(=O)c2ccc(F)cc2)c1. The van der Waals surface area contributed by atoms with Crippen molar-refractivity contribution in [1.82, 2.24) is 10.3 Å². The molecular weight excluding hydrogens is 487 g/mol. The van der Waals surface area contributed by atoms with Gasteiger partial charge in [0.25, 0.3) is 5.91 Å². The van der Waals surface area contributed by atoms with Gasteiger partial charge in [0.15, 0.2) is 0 Å². The number of aryl methyl sites for hydroxylation is 3. The van der Waals surface area contributed by atoms with E-state index in [2.05, 4.69) is 10.3 Å². The number of hydrogen-bond donors (Lipinski definition) is 2. The van der Waals surface area contributed by atoms with Crippen LogP contribution in [0.15, 0.2) is 77.2 Å². The second-order valence-corrected chi connectivity index (χ2v) is 8.85. The fraction of sp³-hybridized carbons (Fsp3) is 0.233. The normalized spacial score (nSPS) is 10.8. The van der Waals surface area contributed by atoms with Crippen LogP contribution in [0.5, 0.6) is 5.75 Å². The van der Waals surface area contributed by atoms with Gasteiger partial charge in [0.05, 0.1) is 12.3 Å². The van der Waals surface area contributed by atoms with Gasteiger partial charge >= 0.3 is 5.97 Å². The van der Waals surface area contributed by atoms with E-state index in [0.717, 1.165) is 34.6 Å². The fourth-order valence-electron chi connectivity index (χ4n) is 4.01. The van der Waals surface area contributed by atoms with Crippen LogP contribution in [0.3, 0.4) is 0 Å². The molecule has 0 bridgehead atoms. The number of rotatable bonds is 12. The van der Waals surface area contributed by atoms with Crippen molar-refractivity contribution < 1.29 is 28.2 Å². The van der Waals surface area contributed by atoms with Crippen LogP contribution in [0.25, 0.3) is 11.5 Å². The van der Waals surface area contributed by atoms with Crippen LogP contribution in [-0.4, -0.2) is 28.6 Å². The number of carboxylic acids is 1. The van der Waals surface area contributed by atoms with E-state index in [9.17, 15) is 14.0 Å². The van der Waals surface area contributed by atoms with E-state index >= 15 is 0 Å². The minimum Gasteiger partial charge on any atom is -0.494 e. The van der Waals surface area contributed by atoms with Gasteiger partial charge in [-0.05, 0) is 85.8 Å². The molecule has 0 radical (unpaired) electrons. The zero-order chi connectivity index (χ0) is 26.9. The minimum atomic E-state index is -0.898. The first-order valence-electron chi connectivity index (χ1n) is 12.4. The highest BCUT2D eigenvalue weighted by Crippen LogP contribution is 2.23. The van der Waals surface area contributed by atoms with E-state index < -0.39 is 11.8 Å². The third-order valence-corrected chi connectivity index (χ3v) is 6.07. The number of benzene rings is 3. The Morgan fingerprint density at radius 1 is 1.00 bits per heavy atom. The number of nitrogens with zero attached hydrogens (tertiary/aromatic N) is 1. The van der Waals surface area contributed by atoms with Crippen molar-refractivity contribution in [2.24, 2.45) is 0 Å². The number of aliphatic carboxylic acids is 1. The predicted molar refractivity (Wildman–Crippen MR) is 140 cm³/mol. The molecule has 2 N–H and O–H groups in total. The number of carbonyl (C=O) groups is 2. The Morgan fingerprint density at radius 2 is 1.76 bits per heavy atom. The van der Waals surface area contributed by atoms with E-state index in [0.29, 0.717) is 36.7 Å². The third kappa shape index (κ3) is 7.29. The maximum absolute atomic E-state index is 13.2. The average Bonchev–Trinajstić information content (AvgIpc) is 3.30. The number of hydrogen-bond acceptors (Lipinski definition) is 5. The van der Waals surface area contributed by atoms with Gasteiger partial charge in [-0.1, -0.05) is 24.3 Å². The zero-order valence-electron chi connectivity index (χ0n) is 21.1. The molecule has 196 valence electrons. The van der Waals surface area contributed by atoms with Gasteiger partial charge in [-0.15, -0.1) is 0 Å². The maximum atomic E-state index is 13.2. The zero-order valence-corrected chi connectivity index (χ0v) is 21.1. The van der Waals surface area contributed by atoms with Crippen LogP contribution >= 0.6 is 0 Å². The molecule has 0 aliphatic rings. The lowest BCUT2D eigenvalue weighted by Crippen LogP contribution is -2.23. The number of aromatic nitrogens is 1. The Kier molecular flexibility index (Phi) is 8.87. The molecule has 0 unspecified atom stereocenters. The minimum absolute atomic E-state index is 0.0267. The molecule has 0 saturated heterocycles. The second kappa shape index (κ2) is 12.7. The van der Waals surface area contributed by atoms with E-state index in [1.54, 1.807) is 6.07 Å². The van der Waals surface area contributed by atoms with Crippen LogP contribution in [0.4, 0.5) is 4.39 Å². The quantitative estimate of drug-likeness (QED) is 0.233. The molecule has 1 heterocycles. The topological polar surface area (TPSA) is 102 Å². The molecule has 4 aromatic rings. The van der Waals surface area contributed by atoms with E-state index in [-0.39, 0.29) is 18.9 Å². The summed E-state index contributed by atoms with van der Waals surface area (Å²) in [4.78, 5) is 28.2. The molecule has 1 amide bonds. The molecule has 0 aliphatic heterocycles. The molecule has 0 saturated carbocycles. The summed E-state index contributed by atoms with van der Waals surface area (Å²) in [7, 11) is 0. The maximum Gasteiger partial charge on any atom is 0.303 e. The Morgan fingerprint density at radius 3 is 2.50 bits per heavy atom. The summed E-state index contributed by atoms with van der Waals surface area (Å²) in [6, 6.07) is 20.5.